The van der Waals surface area contributed by atoms with E-state index in [4.69, 9.17) is 0 Å². The summed E-state index contributed by atoms with van der Waals surface area (Å²) in [5, 5.41) is 19.5. The molecule has 0 amide bonds. The summed E-state index contributed by atoms with van der Waals surface area (Å²) >= 11 is 0. The first-order valence-corrected chi connectivity index (χ1v) is 5.54. The van der Waals surface area contributed by atoms with Crippen LogP contribution in [0, 0.1) is 0 Å². The van der Waals surface area contributed by atoms with E-state index in [9.17, 15) is 10.2 Å². The summed E-state index contributed by atoms with van der Waals surface area (Å²) in [6.45, 7) is 4.25. The van der Waals surface area contributed by atoms with E-state index in [0.29, 0.717) is 18.1 Å². The Morgan fingerprint density at radius 2 is 2.00 bits per heavy atom. The Hall–Kier alpha value is -1.02. The number of aliphatic hydroxyl groups is 1. The maximum atomic E-state index is 9.83. The molecule has 2 nitrogen and oxygen atoms in total. The highest BCUT2D eigenvalue weighted by molar-refractivity contribution is 5.38. The van der Waals surface area contributed by atoms with Crippen molar-refractivity contribution in [3.63, 3.8) is 0 Å². The zero-order valence-corrected chi connectivity index (χ0v) is 9.33. The maximum absolute atomic E-state index is 9.83. The summed E-state index contributed by atoms with van der Waals surface area (Å²) in [4.78, 5) is 0. The Labute approximate surface area is 90.6 Å². The van der Waals surface area contributed by atoms with Crippen LogP contribution in [-0.4, -0.2) is 15.8 Å². The highest BCUT2D eigenvalue weighted by Gasteiger charge is 2.40. The minimum atomic E-state index is -0.535. The van der Waals surface area contributed by atoms with Crippen molar-refractivity contribution in [2.24, 2.45) is 0 Å². The quantitative estimate of drug-likeness (QED) is 0.798. The molecule has 0 aliphatic heterocycles. The van der Waals surface area contributed by atoms with E-state index in [0.717, 1.165) is 18.4 Å². The molecule has 0 radical (unpaired) electrons. The van der Waals surface area contributed by atoms with Gasteiger partial charge < -0.3 is 10.2 Å². The van der Waals surface area contributed by atoms with Gasteiger partial charge in [0.15, 0.2) is 0 Å². The number of rotatable bonds is 3. The summed E-state index contributed by atoms with van der Waals surface area (Å²) in [7, 11) is 0. The van der Waals surface area contributed by atoms with Gasteiger partial charge in [-0.15, -0.1) is 0 Å². The average molecular weight is 206 g/mol. The summed E-state index contributed by atoms with van der Waals surface area (Å²) in [6, 6.07) is 5.69. The molecular formula is C13H18O2. The molecule has 0 saturated heterocycles. The third-order valence-electron chi connectivity index (χ3n) is 3.12. The molecule has 1 saturated carbocycles. The lowest BCUT2D eigenvalue weighted by Gasteiger charge is -2.12. The molecule has 1 fully saturated rings. The molecule has 1 aliphatic rings. The van der Waals surface area contributed by atoms with Crippen LogP contribution in [0.4, 0.5) is 0 Å². The molecule has 2 rings (SSSR count). The van der Waals surface area contributed by atoms with Crippen LogP contribution in [0.3, 0.4) is 0 Å². The fourth-order valence-electron chi connectivity index (χ4n) is 1.78. The average Bonchev–Trinajstić information content (AvgIpc) is 2.87. The van der Waals surface area contributed by atoms with E-state index >= 15 is 0 Å². The SMILES string of the molecule is CC(C)c1ccc(O)c(CC2(O)CC2)c1. The van der Waals surface area contributed by atoms with Crippen molar-refractivity contribution in [2.75, 3.05) is 0 Å². The van der Waals surface area contributed by atoms with Crippen molar-refractivity contribution in [1.29, 1.82) is 0 Å². The van der Waals surface area contributed by atoms with E-state index in [1.165, 1.54) is 5.56 Å². The van der Waals surface area contributed by atoms with E-state index in [1.807, 2.05) is 12.1 Å². The fourth-order valence-corrected chi connectivity index (χ4v) is 1.78. The third-order valence-corrected chi connectivity index (χ3v) is 3.12. The second-order valence-corrected chi connectivity index (χ2v) is 4.94. The van der Waals surface area contributed by atoms with Crippen LogP contribution >= 0.6 is 0 Å². The minimum Gasteiger partial charge on any atom is -0.508 e. The molecule has 2 N–H and O–H groups in total. The highest BCUT2D eigenvalue weighted by Crippen LogP contribution is 2.40. The zero-order valence-electron chi connectivity index (χ0n) is 9.33. The lowest BCUT2D eigenvalue weighted by atomic mass is 9.97. The lowest BCUT2D eigenvalue weighted by Crippen LogP contribution is -2.11. The Morgan fingerprint density at radius 3 is 2.53 bits per heavy atom. The summed E-state index contributed by atoms with van der Waals surface area (Å²) in [5.74, 6) is 0.762. The highest BCUT2D eigenvalue weighted by atomic mass is 16.3. The van der Waals surface area contributed by atoms with Crippen LogP contribution in [0.5, 0.6) is 5.75 Å². The molecule has 15 heavy (non-hydrogen) atoms. The summed E-state index contributed by atoms with van der Waals surface area (Å²) in [6.07, 6.45) is 2.30. The zero-order chi connectivity index (χ0) is 11.1. The Bertz CT molecular complexity index is 365. The van der Waals surface area contributed by atoms with E-state index in [-0.39, 0.29) is 0 Å². The van der Waals surface area contributed by atoms with Gasteiger partial charge in [0, 0.05) is 6.42 Å². The van der Waals surface area contributed by atoms with Crippen LogP contribution < -0.4 is 0 Å². The van der Waals surface area contributed by atoms with E-state index in [1.54, 1.807) is 6.07 Å². The Morgan fingerprint density at radius 1 is 1.33 bits per heavy atom. The van der Waals surface area contributed by atoms with Crippen LogP contribution in [0.15, 0.2) is 18.2 Å². The van der Waals surface area contributed by atoms with Gasteiger partial charge in [0.05, 0.1) is 5.60 Å². The number of hydrogen-bond donors (Lipinski definition) is 2. The van der Waals surface area contributed by atoms with Crippen LogP contribution in [0.25, 0.3) is 0 Å². The maximum Gasteiger partial charge on any atom is 0.118 e. The lowest BCUT2D eigenvalue weighted by molar-refractivity contribution is 0.150. The monoisotopic (exact) mass is 206 g/mol. The van der Waals surface area contributed by atoms with Crippen LogP contribution in [-0.2, 0) is 6.42 Å². The number of benzene rings is 1. The molecule has 2 heteroatoms. The normalized spacial score (nSPS) is 18.1. The standard InChI is InChI=1S/C13H18O2/c1-9(2)10-3-4-12(14)11(7-10)8-13(15)5-6-13/h3-4,7,9,14-15H,5-6,8H2,1-2H3. The van der Waals surface area contributed by atoms with Gasteiger partial charge in [0.1, 0.15) is 5.75 Å². The largest absolute Gasteiger partial charge is 0.508 e. The van der Waals surface area contributed by atoms with Crippen LogP contribution in [0.1, 0.15) is 43.7 Å². The van der Waals surface area contributed by atoms with Gasteiger partial charge in [-0.2, -0.15) is 0 Å². The second-order valence-electron chi connectivity index (χ2n) is 4.94. The van der Waals surface area contributed by atoms with Crippen LogP contribution in [0.2, 0.25) is 0 Å². The topological polar surface area (TPSA) is 40.5 Å². The number of aromatic hydroxyl groups is 1. The molecule has 0 unspecified atom stereocenters. The Balaban J connectivity index is 2.24. The van der Waals surface area contributed by atoms with Gasteiger partial charge in [-0.05, 0) is 36.0 Å². The number of hydrogen-bond acceptors (Lipinski definition) is 2. The molecule has 1 aromatic rings. The molecule has 0 heterocycles. The third kappa shape index (κ3) is 2.32. The van der Waals surface area contributed by atoms with Crippen molar-refractivity contribution in [3.8, 4) is 5.75 Å². The smallest absolute Gasteiger partial charge is 0.118 e. The first-order chi connectivity index (χ1) is 7.00. The van der Waals surface area contributed by atoms with Gasteiger partial charge in [-0.25, -0.2) is 0 Å². The first kappa shape index (κ1) is 10.5. The Kier molecular flexibility index (Phi) is 2.47. The van der Waals surface area contributed by atoms with Crippen molar-refractivity contribution in [3.05, 3.63) is 29.3 Å². The molecule has 0 spiro atoms. The van der Waals surface area contributed by atoms with Gasteiger partial charge in [0.2, 0.25) is 0 Å². The van der Waals surface area contributed by atoms with E-state index < -0.39 is 5.60 Å². The van der Waals surface area contributed by atoms with Crippen molar-refractivity contribution in [1.82, 2.24) is 0 Å². The second kappa shape index (κ2) is 3.53. The van der Waals surface area contributed by atoms with Gasteiger partial charge in [-0.1, -0.05) is 26.0 Å². The predicted molar refractivity (Wildman–Crippen MR) is 60.1 cm³/mol. The van der Waals surface area contributed by atoms with E-state index in [2.05, 4.69) is 13.8 Å². The molecular weight excluding hydrogens is 188 g/mol. The summed E-state index contributed by atoms with van der Waals surface area (Å²) < 4.78 is 0. The molecule has 0 atom stereocenters. The molecule has 1 aromatic carbocycles. The molecule has 0 aromatic heterocycles. The predicted octanol–water partition coefficient (Wildman–Crippen LogP) is 2.58. The first-order valence-electron chi connectivity index (χ1n) is 5.54. The van der Waals surface area contributed by atoms with Crippen molar-refractivity contribution in [2.45, 2.75) is 44.6 Å². The van der Waals surface area contributed by atoms with Crippen molar-refractivity contribution >= 4 is 0 Å². The van der Waals surface area contributed by atoms with Gasteiger partial charge in [0.25, 0.3) is 0 Å². The molecule has 82 valence electrons. The minimum absolute atomic E-state index is 0.305. The van der Waals surface area contributed by atoms with Gasteiger partial charge >= 0.3 is 0 Å². The summed E-state index contributed by atoms with van der Waals surface area (Å²) in [5.41, 5.74) is 1.56. The molecule has 1 aliphatic carbocycles. The van der Waals surface area contributed by atoms with Gasteiger partial charge in [-0.3, -0.25) is 0 Å². The number of phenols is 1. The molecule has 0 bridgehead atoms. The fraction of sp³-hybridized carbons (Fsp3) is 0.538. The number of phenolic OH excluding ortho intramolecular Hbond substituents is 1. The van der Waals surface area contributed by atoms with Crippen molar-refractivity contribution < 1.29 is 10.2 Å².